The van der Waals surface area contributed by atoms with Crippen LogP contribution < -0.4 is 41.4 Å². The number of unbranched alkanes of at least 4 members (excludes halogenated alkanes) is 14. The summed E-state index contributed by atoms with van der Waals surface area (Å²) in [6.45, 7) is 7.24. The SMILES string of the molecule is CC(=O)[C@H](CCCCNC(=O)COCCOCCNC(=O)COCCOCCCC(=O)CC[C@H](CC(=O)CCCCCCCCCOc1ccc(C(=O)O)cc1)C(=O)O)CC(=O)[C@@H](C)CCCCNC(=O)COCCOCCNC(=O)COCCOCCNC(=O)CC[C@H](NC(=O)CCCCCCCCCOc1ccc(C(=O)O)cc1)C(=O)O. The number of rotatable bonds is 82. The van der Waals surface area contributed by atoms with Gasteiger partial charge in [0.1, 0.15) is 67.1 Å². The van der Waals surface area contributed by atoms with E-state index >= 15 is 0 Å². The molecule has 4 atom stereocenters. The quantitative estimate of drug-likeness (QED) is 0.0282. The highest BCUT2D eigenvalue weighted by Crippen LogP contribution is 2.22. The van der Waals surface area contributed by atoms with Crippen molar-refractivity contribution in [1.82, 2.24) is 31.9 Å². The van der Waals surface area contributed by atoms with Crippen molar-refractivity contribution in [3.05, 3.63) is 59.7 Å². The molecule has 0 heterocycles. The molecule has 672 valence electrons. The topological polar surface area (TPSA) is 484 Å². The lowest BCUT2D eigenvalue weighted by Crippen LogP contribution is -2.41. The van der Waals surface area contributed by atoms with Crippen LogP contribution >= 0.6 is 0 Å². The molecule has 0 fully saturated rings. The van der Waals surface area contributed by atoms with Crippen molar-refractivity contribution in [2.75, 3.05) is 152 Å². The minimum atomic E-state index is -1.22. The zero-order chi connectivity index (χ0) is 87.1. The van der Waals surface area contributed by atoms with E-state index in [-0.39, 0.29) is 246 Å². The minimum Gasteiger partial charge on any atom is -0.494 e. The van der Waals surface area contributed by atoms with Crippen molar-refractivity contribution >= 4 is 82.5 Å². The summed E-state index contributed by atoms with van der Waals surface area (Å²) >= 11 is 0. The number of carbonyl (C=O) groups excluding carboxylic acids is 10. The molecule has 0 saturated carbocycles. The van der Waals surface area contributed by atoms with Gasteiger partial charge in [0.05, 0.1) is 103 Å². The van der Waals surface area contributed by atoms with Crippen LogP contribution in [0.1, 0.15) is 227 Å². The summed E-state index contributed by atoms with van der Waals surface area (Å²) in [5.74, 6) is -6.99. The van der Waals surface area contributed by atoms with Gasteiger partial charge in [-0.1, -0.05) is 84.0 Å². The average molecular weight is 1690 g/mol. The maximum absolute atomic E-state index is 13.1. The number of ether oxygens (including phenoxy) is 10. The zero-order valence-electron chi connectivity index (χ0n) is 70.0. The van der Waals surface area contributed by atoms with Crippen molar-refractivity contribution in [3.8, 4) is 11.5 Å². The van der Waals surface area contributed by atoms with E-state index in [2.05, 4.69) is 31.9 Å². The van der Waals surface area contributed by atoms with E-state index < -0.39 is 47.7 Å². The summed E-state index contributed by atoms with van der Waals surface area (Å²) in [7, 11) is 0. The molecule has 10 N–H and O–H groups in total. The molecule has 0 aliphatic rings. The number of carbonyl (C=O) groups is 14. The lowest BCUT2D eigenvalue weighted by Gasteiger charge is -2.16. The van der Waals surface area contributed by atoms with Gasteiger partial charge in [-0.05, 0) is 126 Å². The monoisotopic (exact) mass is 1690 g/mol. The Morgan fingerprint density at radius 1 is 0.311 bits per heavy atom. The van der Waals surface area contributed by atoms with E-state index in [1.54, 1.807) is 24.3 Å². The fourth-order valence-electron chi connectivity index (χ4n) is 11.9. The second kappa shape index (κ2) is 70.9. The van der Waals surface area contributed by atoms with Crippen LogP contribution in [0.25, 0.3) is 0 Å². The Morgan fingerprint density at radius 3 is 1.13 bits per heavy atom. The molecule has 0 aliphatic heterocycles. The van der Waals surface area contributed by atoms with Crippen molar-refractivity contribution in [3.63, 3.8) is 0 Å². The molecule has 6 amide bonds. The van der Waals surface area contributed by atoms with Gasteiger partial charge >= 0.3 is 23.9 Å². The number of aliphatic carboxylic acids is 2. The third-order valence-corrected chi connectivity index (χ3v) is 18.9. The van der Waals surface area contributed by atoms with Gasteiger partial charge in [0, 0.05) is 96.1 Å². The highest BCUT2D eigenvalue weighted by Gasteiger charge is 2.25. The normalized spacial score (nSPS) is 12.1. The largest absolute Gasteiger partial charge is 0.494 e. The van der Waals surface area contributed by atoms with Gasteiger partial charge in [-0.2, -0.15) is 0 Å². The first-order valence-corrected chi connectivity index (χ1v) is 42.1. The van der Waals surface area contributed by atoms with Crippen molar-refractivity contribution < 1.29 is 135 Å². The van der Waals surface area contributed by atoms with Crippen molar-refractivity contribution in [2.45, 2.75) is 213 Å². The predicted molar refractivity (Wildman–Crippen MR) is 437 cm³/mol. The number of ketones is 4. The number of Topliss-reactive ketones (excluding diaryl/α,β-unsaturated/α-hetero) is 4. The predicted octanol–water partition coefficient (Wildman–Crippen LogP) is 7.78. The zero-order valence-corrected chi connectivity index (χ0v) is 70.0. The number of hydrogen-bond acceptors (Lipinski definition) is 24. The van der Waals surface area contributed by atoms with Gasteiger partial charge in [0.15, 0.2) is 0 Å². The molecule has 0 aliphatic carbocycles. The third kappa shape index (κ3) is 61.1. The van der Waals surface area contributed by atoms with Crippen LogP contribution in [0.5, 0.6) is 11.5 Å². The average Bonchev–Trinajstić information content (AvgIpc) is 0.905. The summed E-state index contributed by atoms with van der Waals surface area (Å²) in [6.07, 6.45) is 17.5. The van der Waals surface area contributed by atoms with Gasteiger partial charge in [-0.3, -0.25) is 52.7 Å². The molecule has 119 heavy (non-hydrogen) atoms. The lowest BCUT2D eigenvalue weighted by atomic mass is 9.87. The molecular formula is C85H134N6O28. The highest BCUT2D eigenvalue weighted by atomic mass is 16.5. The Hall–Kier alpha value is -8.90. The molecule has 34 heteroatoms. The first-order chi connectivity index (χ1) is 57.4. The van der Waals surface area contributed by atoms with E-state index in [1.807, 2.05) is 6.92 Å². The number of carboxylic acids is 4. The number of amides is 6. The standard InChI is InChI=1S/C85H134N6O28/c1-64(22-15-17-39-86-78(98)60-115-55-52-113-49-43-90-81(101)63-117-57-51-111-47-41-88-76(96)38-37-74(85(108)109)91-77(97)26-14-10-6-4-8-12-20-46-119-73-35-30-67(31-36-73)83(104)105)75(95)59-68(65(2)92)23-16-18-40-87-79(99)61-116-56-53-112-48-42-89-80(100)62-114-54-50-110-44-21-25-70(93)32-27-69(84(106)107)58-71(94)24-13-9-5-3-7-11-19-45-118-72-33-28-66(29-34-72)82(102)103/h28-31,33-36,64,68-69,74H,3-27,32,37-63H2,1-2H3,(H,86,98)(H,87,99)(H,88,96)(H,89,100)(H,90,101)(H,91,97)(H,102,103)(H,104,105)(H,106,107)(H,108,109)/t64-,68+,69+,74-/m0/s1. The Labute approximate surface area is 699 Å². The summed E-state index contributed by atoms with van der Waals surface area (Å²) in [5.41, 5.74) is 0.412. The molecule has 2 aromatic rings. The van der Waals surface area contributed by atoms with Crippen molar-refractivity contribution in [1.29, 1.82) is 0 Å². The first-order valence-electron chi connectivity index (χ1n) is 42.1. The number of carboxylic acid groups (broad SMARTS) is 4. The molecule has 0 saturated heterocycles. The molecule has 0 aromatic heterocycles. The molecule has 2 rings (SSSR count). The van der Waals surface area contributed by atoms with Gasteiger partial charge in [0.25, 0.3) is 0 Å². The minimum absolute atomic E-state index is 0.00113. The van der Waals surface area contributed by atoms with Crippen LogP contribution in [0.4, 0.5) is 0 Å². The maximum Gasteiger partial charge on any atom is 0.335 e. The molecule has 0 bridgehead atoms. The molecule has 0 spiro atoms. The van der Waals surface area contributed by atoms with E-state index in [0.29, 0.717) is 102 Å². The fourth-order valence-corrected chi connectivity index (χ4v) is 11.9. The smallest absolute Gasteiger partial charge is 0.335 e. The third-order valence-electron chi connectivity index (χ3n) is 18.9. The summed E-state index contributed by atoms with van der Waals surface area (Å²) in [6, 6.07) is 11.4. The second-order valence-electron chi connectivity index (χ2n) is 29.0. The van der Waals surface area contributed by atoms with Crippen LogP contribution in [0.2, 0.25) is 0 Å². The van der Waals surface area contributed by atoms with Gasteiger partial charge in [-0.15, -0.1) is 0 Å². The van der Waals surface area contributed by atoms with Crippen LogP contribution in [0.15, 0.2) is 48.5 Å². The number of aromatic carboxylic acids is 2. The van der Waals surface area contributed by atoms with Crippen LogP contribution in [-0.4, -0.2) is 261 Å². The number of nitrogens with one attached hydrogen (secondary N) is 6. The van der Waals surface area contributed by atoms with Gasteiger partial charge in [-0.25, -0.2) is 14.4 Å². The van der Waals surface area contributed by atoms with E-state index in [4.69, 9.17) is 57.6 Å². The summed E-state index contributed by atoms with van der Waals surface area (Å²) in [4.78, 5) is 170. The first kappa shape index (κ1) is 106. The fraction of sp³-hybridized carbons (Fsp3) is 0.694. The summed E-state index contributed by atoms with van der Waals surface area (Å²) in [5, 5.41) is 53.3. The Kier molecular flexibility index (Phi) is 63.3. The number of benzene rings is 2. The van der Waals surface area contributed by atoms with Crippen molar-refractivity contribution in [2.24, 2.45) is 17.8 Å². The van der Waals surface area contributed by atoms with Crippen LogP contribution in [-0.2, 0) is 95.4 Å². The van der Waals surface area contributed by atoms with Crippen LogP contribution in [0.3, 0.4) is 0 Å². The van der Waals surface area contributed by atoms with E-state index in [1.165, 1.54) is 31.2 Å². The molecule has 0 unspecified atom stereocenters. The van der Waals surface area contributed by atoms with E-state index in [9.17, 15) is 77.3 Å². The highest BCUT2D eigenvalue weighted by molar-refractivity contribution is 5.89. The molecule has 34 nitrogen and oxygen atoms in total. The second-order valence-corrected chi connectivity index (χ2v) is 29.0. The molecule has 2 aromatic carbocycles. The van der Waals surface area contributed by atoms with E-state index in [0.717, 1.165) is 77.0 Å². The molecular weight excluding hydrogens is 1550 g/mol. The lowest BCUT2D eigenvalue weighted by molar-refractivity contribution is -0.144. The Morgan fingerprint density at radius 2 is 0.697 bits per heavy atom. The maximum atomic E-state index is 13.1. The molecule has 0 radical (unpaired) electrons. The van der Waals surface area contributed by atoms with Crippen LogP contribution in [0, 0.1) is 17.8 Å². The van der Waals surface area contributed by atoms with Gasteiger partial charge < -0.3 is 99.7 Å². The Balaban J connectivity index is 1.33. The summed E-state index contributed by atoms with van der Waals surface area (Å²) < 4.78 is 54.5. The number of hydrogen-bond donors (Lipinski definition) is 10. The Bertz CT molecular complexity index is 3220. The van der Waals surface area contributed by atoms with Gasteiger partial charge in [0.2, 0.25) is 35.4 Å².